The average Bonchev–Trinajstić information content (AvgIpc) is 2.81. The van der Waals surface area contributed by atoms with E-state index >= 15 is 0 Å². The highest BCUT2D eigenvalue weighted by molar-refractivity contribution is 5.73. The number of carboxylic acid groups (broad SMARTS) is 1. The predicted molar refractivity (Wildman–Crippen MR) is 123 cm³/mol. The van der Waals surface area contributed by atoms with Crippen molar-refractivity contribution in [1.29, 1.82) is 0 Å². The van der Waals surface area contributed by atoms with Gasteiger partial charge in [0, 0.05) is 63.6 Å². The second-order valence-corrected chi connectivity index (χ2v) is 8.24. The monoisotopic (exact) mass is 457 g/mol. The third-order valence-corrected chi connectivity index (χ3v) is 6.06. The second kappa shape index (κ2) is 9.88. The van der Waals surface area contributed by atoms with Gasteiger partial charge >= 0.3 is 6.09 Å². The number of rotatable bonds is 5. The fraction of sp³-hybridized carbons (Fsp3) is 0.455. The number of amides is 2. The Bertz CT molecular complexity index is 988. The van der Waals surface area contributed by atoms with Crippen LogP contribution in [0.3, 0.4) is 0 Å². The fourth-order valence-electron chi connectivity index (χ4n) is 4.21. The van der Waals surface area contributed by atoms with Crippen molar-refractivity contribution >= 4 is 35.1 Å². The zero-order chi connectivity index (χ0) is 23.4. The molecule has 2 saturated heterocycles. The number of hydrogen-bond donors (Lipinski definition) is 3. The molecule has 4 rings (SSSR count). The summed E-state index contributed by atoms with van der Waals surface area (Å²) in [7, 11) is 0. The molecule has 0 unspecified atom stereocenters. The molecule has 0 atom stereocenters. The minimum atomic E-state index is -1.04. The topological polar surface area (TPSA) is 114 Å². The van der Waals surface area contributed by atoms with Crippen molar-refractivity contribution in [2.75, 3.05) is 54.4 Å². The van der Waals surface area contributed by atoms with Crippen LogP contribution in [0, 0.1) is 5.82 Å². The van der Waals surface area contributed by atoms with E-state index in [9.17, 15) is 14.0 Å². The van der Waals surface area contributed by atoms with Crippen LogP contribution in [0.4, 0.5) is 32.3 Å². The highest BCUT2D eigenvalue weighted by Gasteiger charge is 2.24. The maximum atomic E-state index is 14.4. The number of carbonyl (C=O) groups is 2. The van der Waals surface area contributed by atoms with Gasteiger partial charge in [-0.3, -0.25) is 4.79 Å². The Kier molecular flexibility index (Phi) is 6.76. The number of nitrogens with zero attached hydrogens (tertiary/aromatic N) is 5. The van der Waals surface area contributed by atoms with E-state index in [2.05, 4.69) is 25.5 Å². The predicted octanol–water partition coefficient (Wildman–Crippen LogP) is 2.26. The van der Waals surface area contributed by atoms with Crippen LogP contribution in [0.1, 0.15) is 19.8 Å². The first-order valence-electron chi connectivity index (χ1n) is 11.0. The molecule has 2 aliphatic heterocycles. The molecule has 33 heavy (non-hydrogen) atoms. The van der Waals surface area contributed by atoms with Crippen molar-refractivity contribution in [2.45, 2.75) is 25.8 Å². The van der Waals surface area contributed by atoms with Gasteiger partial charge in [0.1, 0.15) is 0 Å². The van der Waals surface area contributed by atoms with Gasteiger partial charge in [0.05, 0.1) is 6.20 Å². The first-order valence-corrected chi connectivity index (χ1v) is 11.0. The van der Waals surface area contributed by atoms with Gasteiger partial charge in [-0.25, -0.2) is 14.2 Å². The van der Waals surface area contributed by atoms with Crippen molar-refractivity contribution < 1.29 is 19.1 Å². The SMILES string of the molecule is CC(=O)N1CCN(c2ccc(Nc3ncc(F)c(N4CCC(NC(=O)O)CC4)n3)cc2)CC1. The first kappa shape index (κ1) is 22.6. The lowest BCUT2D eigenvalue weighted by Crippen LogP contribution is -2.48. The van der Waals surface area contributed by atoms with E-state index in [1.54, 1.807) is 6.92 Å². The molecule has 3 heterocycles. The molecule has 0 saturated carbocycles. The Morgan fingerprint density at radius 2 is 1.70 bits per heavy atom. The third-order valence-electron chi connectivity index (χ3n) is 6.06. The molecule has 11 heteroatoms. The molecule has 0 radical (unpaired) electrons. The molecule has 1 aromatic carbocycles. The molecular formula is C22H28FN7O3. The number of halogens is 1. The zero-order valence-electron chi connectivity index (χ0n) is 18.5. The number of anilines is 4. The van der Waals surface area contributed by atoms with Gasteiger partial charge in [-0.2, -0.15) is 4.98 Å². The average molecular weight is 458 g/mol. The lowest BCUT2D eigenvalue weighted by Gasteiger charge is -2.35. The number of hydrogen-bond acceptors (Lipinski definition) is 7. The summed E-state index contributed by atoms with van der Waals surface area (Å²) in [6, 6.07) is 7.70. The Morgan fingerprint density at radius 1 is 1.03 bits per heavy atom. The van der Waals surface area contributed by atoms with Gasteiger partial charge in [-0.15, -0.1) is 0 Å². The van der Waals surface area contributed by atoms with Gasteiger partial charge in [0.25, 0.3) is 0 Å². The summed E-state index contributed by atoms with van der Waals surface area (Å²) in [5, 5.41) is 14.5. The normalized spacial score (nSPS) is 17.1. The van der Waals surface area contributed by atoms with E-state index in [0.717, 1.165) is 30.7 Å². The van der Waals surface area contributed by atoms with Crippen molar-refractivity contribution in [1.82, 2.24) is 20.2 Å². The summed E-state index contributed by atoms with van der Waals surface area (Å²) in [4.78, 5) is 36.6. The standard InChI is InChI=1S/C22H28FN7O3/c1-15(31)28-10-12-29(13-11-28)18-4-2-16(3-5-18)25-21-24-14-19(23)20(27-21)30-8-6-17(7-9-30)26-22(32)33/h2-5,14,17,26H,6-13H2,1H3,(H,32,33)(H,24,25,27). The molecule has 1 aromatic heterocycles. The van der Waals surface area contributed by atoms with Crippen molar-refractivity contribution in [2.24, 2.45) is 0 Å². The highest BCUT2D eigenvalue weighted by Crippen LogP contribution is 2.25. The van der Waals surface area contributed by atoms with Gasteiger partial charge in [0.15, 0.2) is 11.6 Å². The van der Waals surface area contributed by atoms with Crippen LogP contribution in [0.15, 0.2) is 30.5 Å². The van der Waals surface area contributed by atoms with Crippen molar-refractivity contribution in [3.05, 3.63) is 36.3 Å². The van der Waals surface area contributed by atoms with Gasteiger partial charge in [-0.1, -0.05) is 0 Å². The molecule has 0 bridgehead atoms. The van der Waals surface area contributed by atoms with E-state index < -0.39 is 11.9 Å². The zero-order valence-corrected chi connectivity index (χ0v) is 18.5. The number of nitrogens with one attached hydrogen (secondary N) is 2. The maximum Gasteiger partial charge on any atom is 0.404 e. The number of aromatic nitrogens is 2. The van der Waals surface area contributed by atoms with E-state index in [0.29, 0.717) is 45.0 Å². The lowest BCUT2D eigenvalue weighted by molar-refractivity contribution is -0.129. The molecule has 3 N–H and O–H groups in total. The fourth-order valence-corrected chi connectivity index (χ4v) is 4.21. The molecular weight excluding hydrogens is 429 g/mol. The smallest absolute Gasteiger partial charge is 0.404 e. The molecule has 0 spiro atoms. The summed E-state index contributed by atoms with van der Waals surface area (Å²) in [5.74, 6) is 0.0978. The van der Waals surface area contributed by atoms with Crippen molar-refractivity contribution in [3.8, 4) is 0 Å². The van der Waals surface area contributed by atoms with E-state index in [1.165, 1.54) is 0 Å². The number of benzene rings is 1. The molecule has 2 amide bonds. The van der Waals surface area contributed by atoms with Crippen molar-refractivity contribution in [3.63, 3.8) is 0 Å². The summed E-state index contributed by atoms with van der Waals surface area (Å²) < 4.78 is 14.4. The summed E-state index contributed by atoms with van der Waals surface area (Å²) in [6.45, 7) is 5.60. The molecule has 2 fully saturated rings. The van der Waals surface area contributed by atoms with Gasteiger partial charge in [-0.05, 0) is 37.1 Å². The van der Waals surface area contributed by atoms with Crippen LogP contribution < -0.4 is 20.4 Å². The lowest BCUT2D eigenvalue weighted by atomic mass is 10.1. The number of piperidine rings is 1. The van der Waals surface area contributed by atoms with Crippen LogP contribution in [-0.2, 0) is 4.79 Å². The Labute approximate surface area is 191 Å². The van der Waals surface area contributed by atoms with E-state index in [4.69, 9.17) is 5.11 Å². The van der Waals surface area contributed by atoms with Crippen LogP contribution >= 0.6 is 0 Å². The summed E-state index contributed by atoms with van der Waals surface area (Å²) in [6.07, 6.45) is 1.27. The molecule has 2 aliphatic rings. The largest absolute Gasteiger partial charge is 0.465 e. The van der Waals surface area contributed by atoms with E-state index in [1.807, 2.05) is 34.1 Å². The maximum absolute atomic E-state index is 14.4. The van der Waals surface area contributed by atoms with Crippen LogP contribution in [0.25, 0.3) is 0 Å². The van der Waals surface area contributed by atoms with Gasteiger partial charge in [0.2, 0.25) is 11.9 Å². The number of piperazine rings is 1. The molecule has 2 aromatic rings. The third kappa shape index (κ3) is 5.60. The van der Waals surface area contributed by atoms with Crippen LogP contribution in [0.2, 0.25) is 0 Å². The summed E-state index contributed by atoms with van der Waals surface area (Å²) >= 11 is 0. The molecule has 0 aliphatic carbocycles. The Morgan fingerprint density at radius 3 is 2.30 bits per heavy atom. The number of carbonyl (C=O) groups excluding carboxylic acids is 1. The first-order chi connectivity index (χ1) is 15.9. The minimum Gasteiger partial charge on any atom is -0.465 e. The Balaban J connectivity index is 1.37. The molecule has 10 nitrogen and oxygen atoms in total. The Hall–Kier alpha value is -3.63. The quantitative estimate of drug-likeness (QED) is 0.627. The second-order valence-electron chi connectivity index (χ2n) is 8.24. The van der Waals surface area contributed by atoms with Crippen LogP contribution in [-0.4, -0.2) is 77.3 Å². The van der Waals surface area contributed by atoms with E-state index in [-0.39, 0.29) is 17.8 Å². The molecule has 176 valence electrons. The van der Waals surface area contributed by atoms with Crippen LogP contribution in [0.5, 0.6) is 0 Å². The minimum absolute atomic E-state index is 0.106. The summed E-state index contributed by atoms with van der Waals surface area (Å²) in [5.41, 5.74) is 1.85. The van der Waals surface area contributed by atoms with Gasteiger partial charge < -0.3 is 30.4 Å². The highest BCUT2D eigenvalue weighted by atomic mass is 19.1.